The first kappa shape index (κ1) is 16.4. The number of nitro groups is 1. The minimum atomic E-state index is -0.953. The fourth-order valence-corrected chi connectivity index (χ4v) is 2.81. The number of aliphatic carboxylic acids is 1. The molecule has 9 heteroatoms. The smallest absolute Gasteiger partial charge is 0.329 e. The number of carbonyl (C=O) groups is 1. The fourth-order valence-electron chi connectivity index (χ4n) is 2.68. The van der Waals surface area contributed by atoms with Crippen molar-refractivity contribution in [2.24, 2.45) is 5.92 Å². The molecule has 1 heterocycles. The maximum absolute atomic E-state index is 11.2. The fraction of sp³-hybridized carbons (Fsp3) is 0.615. The molecule has 1 atom stereocenters. The van der Waals surface area contributed by atoms with E-state index in [0.717, 1.165) is 31.9 Å². The van der Waals surface area contributed by atoms with Crippen molar-refractivity contribution < 1.29 is 14.8 Å². The van der Waals surface area contributed by atoms with E-state index in [1.807, 2.05) is 0 Å². The van der Waals surface area contributed by atoms with E-state index in [1.165, 1.54) is 0 Å². The van der Waals surface area contributed by atoms with Crippen LogP contribution in [0.1, 0.15) is 32.6 Å². The van der Waals surface area contributed by atoms with Crippen LogP contribution >= 0.6 is 11.6 Å². The largest absolute Gasteiger partial charge is 0.481 e. The van der Waals surface area contributed by atoms with Crippen molar-refractivity contribution in [2.45, 2.75) is 38.6 Å². The van der Waals surface area contributed by atoms with Gasteiger partial charge in [0, 0.05) is 12.6 Å². The van der Waals surface area contributed by atoms with Crippen LogP contribution in [0.25, 0.3) is 0 Å². The number of carboxylic acid groups (broad SMARTS) is 1. The number of anilines is 1. The molecule has 0 aliphatic heterocycles. The minimum absolute atomic E-state index is 0.0338. The van der Waals surface area contributed by atoms with Crippen LogP contribution in [0, 0.1) is 16.0 Å². The van der Waals surface area contributed by atoms with Gasteiger partial charge in [0.25, 0.3) is 0 Å². The lowest BCUT2D eigenvalue weighted by atomic mass is 10.1. The molecule has 2 rings (SSSR count). The van der Waals surface area contributed by atoms with Gasteiger partial charge in [-0.3, -0.25) is 14.9 Å². The first-order valence-corrected chi connectivity index (χ1v) is 7.44. The highest BCUT2D eigenvalue weighted by Gasteiger charge is 2.32. The Kier molecular flexibility index (Phi) is 5.12. The molecule has 0 spiro atoms. The Bertz CT molecular complexity index is 577. The monoisotopic (exact) mass is 328 g/mol. The van der Waals surface area contributed by atoms with Crippen molar-refractivity contribution in [3.63, 3.8) is 0 Å². The van der Waals surface area contributed by atoms with Crippen LogP contribution in [0.2, 0.25) is 5.28 Å². The number of hydrogen-bond donors (Lipinski definition) is 1. The second-order valence-electron chi connectivity index (χ2n) is 5.43. The van der Waals surface area contributed by atoms with Crippen LogP contribution in [-0.4, -0.2) is 38.6 Å². The van der Waals surface area contributed by atoms with Gasteiger partial charge < -0.3 is 10.0 Å². The van der Waals surface area contributed by atoms with E-state index < -0.39 is 16.8 Å². The van der Waals surface area contributed by atoms with E-state index in [4.69, 9.17) is 16.7 Å². The van der Waals surface area contributed by atoms with Gasteiger partial charge in [0.15, 0.2) is 0 Å². The van der Waals surface area contributed by atoms with E-state index in [1.54, 1.807) is 11.8 Å². The second kappa shape index (κ2) is 6.87. The summed E-state index contributed by atoms with van der Waals surface area (Å²) in [6.07, 6.45) is 4.79. The standard InChI is InChI=1S/C13H17ClN4O4/c1-8(12(19)20)7-17(9-4-2-3-5-9)11-10(18(21)22)6-15-13(14)16-11/h6,8-9H,2-5,7H2,1H3,(H,19,20). The van der Waals surface area contributed by atoms with Crippen molar-refractivity contribution in [3.05, 3.63) is 21.6 Å². The summed E-state index contributed by atoms with van der Waals surface area (Å²) in [5.41, 5.74) is -0.256. The van der Waals surface area contributed by atoms with Crippen LogP contribution in [0.3, 0.4) is 0 Å². The maximum atomic E-state index is 11.2. The van der Waals surface area contributed by atoms with Crippen LogP contribution in [0.5, 0.6) is 0 Å². The third kappa shape index (κ3) is 3.62. The second-order valence-corrected chi connectivity index (χ2v) is 5.77. The molecule has 22 heavy (non-hydrogen) atoms. The SMILES string of the molecule is CC(CN(c1nc(Cl)ncc1[N+](=O)[O-])C1CCCC1)C(=O)O. The van der Waals surface area contributed by atoms with Crippen molar-refractivity contribution in [3.8, 4) is 0 Å². The number of hydrogen-bond acceptors (Lipinski definition) is 6. The van der Waals surface area contributed by atoms with Crippen molar-refractivity contribution in [1.29, 1.82) is 0 Å². The molecule has 0 radical (unpaired) electrons. The van der Waals surface area contributed by atoms with E-state index in [9.17, 15) is 14.9 Å². The summed E-state index contributed by atoms with van der Waals surface area (Å²) in [6, 6.07) is 0.0338. The lowest BCUT2D eigenvalue weighted by molar-refractivity contribution is -0.384. The predicted octanol–water partition coefficient (Wildman–Crippen LogP) is 2.51. The number of aromatic nitrogens is 2. The van der Waals surface area contributed by atoms with Gasteiger partial charge >= 0.3 is 11.7 Å². The summed E-state index contributed by atoms with van der Waals surface area (Å²) in [6.45, 7) is 1.72. The molecule has 0 amide bonds. The van der Waals surface area contributed by atoms with E-state index in [2.05, 4.69) is 9.97 Å². The molecule has 1 aromatic heterocycles. The van der Waals surface area contributed by atoms with Crippen molar-refractivity contribution in [2.75, 3.05) is 11.4 Å². The van der Waals surface area contributed by atoms with Gasteiger partial charge in [-0.2, -0.15) is 4.98 Å². The zero-order valence-corrected chi connectivity index (χ0v) is 12.9. The zero-order chi connectivity index (χ0) is 16.3. The first-order valence-electron chi connectivity index (χ1n) is 7.06. The summed E-state index contributed by atoms with van der Waals surface area (Å²) in [5.74, 6) is -1.52. The Morgan fingerprint density at radius 2 is 2.23 bits per heavy atom. The normalized spacial score (nSPS) is 16.5. The van der Waals surface area contributed by atoms with Gasteiger partial charge in [0.05, 0.1) is 10.8 Å². The summed E-state index contributed by atoms with van der Waals surface area (Å²) >= 11 is 5.78. The van der Waals surface area contributed by atoms with Gasteiger partial charge in [0.1, 0.15) is 6.20 Å². The molecular formula is C13H17ClN4O4. The highest BCUT2D eigenvalue weighted by molar-refractivity contribution is 6.28. The van der Waals surface area contributed by atoms with Crippen LogP contribution in [-0.2, 0) is 4.79 Å². The first-order chi connectivity index (χ1) is 10.4. The maximum Gasteiger partial charge on any atom is 0.329 e. The molecule has 1 unspecified atom stereocenters. The number of halogens is 1. The predicted molar refractivity (Wildman–Crippen MR) is 80.1 cm³/mol. The molecule has 0 bridgehead atoms. The number of nitrogens with zero attached hydrogens (tertiary/aromatic N) is 4. The van der Waals surface area contributed by atoms with Gasteiger partial charge in [0.2, 0.25) is 11.1 Å². The number of rotatable bonds is 6. The molecule has 1 N–H and O–H groups in total. The van der Waals surface area contributed by atoms with E-state index in [0.29, 0.717) is 0 Å². The molecule has 1 aliphatic carbocycles. The molecule has 1 aliphatic rings. The third-order valence-electron chi connectivity index (χ3n) is 3.85. The van der Waals surface area contributed by atoms with Crippen molar-refractivity contribution in [1.82, 2.24) is 9.97 Å². The lowest BCUT2D eigenvalue weighted by Gasteiger charge is -2.31. The van der Waals surface area contributed by atoms with Gasteiger partial charge in [-0.1, -0.05) is 19.8 Å². The highest BCUT2D eigenvalue weighted by atomic mass is 35.5. The summed E-state index contributed by atoms with van der Waals surface area (Å²) in [5, 5.41) is 20.3. The third-order valence-corrected chi connectivity index (χ3v) is 4.03. The minimum Gasteiger partial charge on any atom is -0.481 e. The quantitative estimate of drug-likeness (QED) is 0.485. The van der Waals surface area contributed by atoms with E-state index >= 15 is 0 Å². The van der Waals surface area contributed by atoms with Gasteiger partial charge in [-0.25, -0.2) is 4.98 Å². The molecule has 1 saturated carbocycles. The molecule has 8 nitrogen and oxygen atoms in total. The van der Waals surface area contributed by atoms with Crippen LogP contribution in [0.4, 0.5) is 11.5 Å². The van der Waals surface area contributed by atoms with Crippen molar-refractivity contribution >= 4 is 29.1 Å². The molecule has 1 fully saturated rings. The Hall–Kier alpha value is -1.96. The molecular weight excluding hydrogens is 312 g/mol. The molecule has 0 saturated heterocycles. The summed E-state index contributed by atoms with van der Waals surface area (Å²) in [4.78, 5) is 31.1. The summed E-state index contributed by atoms with van der Waals surface area (Å²) < 4.78 is 0. The van der Waals surface area contributed by atoms with Gasteiger partial charge in [-0.15, -0.1) is 0 Å². The topological polar surface area (TPSA) is 109 Å². The lowest BCUT2D eigenvalue weighted by Crippen LogP contribution is -2.39. The average molecular weight is 329 g/mol. The van der Waals surface area contributed by atoms with Gasteiger partial charge in [-0.05, 0) is 24.4 Å². The molecule has 0 aromatic carbocycles. The van der Waals surface area contributed by atoms with Crippen LogP contribution in [0.15, 0.2) is 6.20 Å². The molecule has 120 valence electrons. The molecule has 1 aromatic rings. The zero-order valence-electron chi connectivity index (χ0n) is 12.1. The Morgan fingerprint density at radius 3 is 2.77 bits per heavy atom. The number of carboxylic acids is 1. The summed E-state index contributed by atoms with van der Waals surface area (Å²) in [7, 11) is 0. The van der Waals surface area contributed by atoms with E-state index in [-0.39, 0.29) is 29.4 Å². The van der Waals surface area contributed by atoms with Crippen LogP contribution < -0.4 is 4.90 Å². The Labute approximate surface area is 132 Å². The highest BCUT2D eigenvalue weighted by Crippen LogP contribution is 2.33. The Morgan fingerprint density at radius 1 is 1.59 bits per heavy atom. The Balaban J connectivity index is 2.41. The average Bonchev–Trinajstić information content (AvgIpc) is 2.97.